The van der Waals surface area contributed by atoms with Gasteiger partial charge in [-0.3, -0.25) is 4.79 Å². The lowest BCUT2D eigenvalue weighted by Gasteiger charge is -2.18. The molecule has 0 saturated heterocycles. The Morgan fingerprint density at radius 1 is 1.04 bits per heavy atom. The predicted molar refractivity (Wildman–Crippen MR) is 108 cm³/mol. The van der Waals surface area contributed by atoms with Crippen LogP contribution in [-0.2, 0) is 9.53 Å². The molecule has 142 valence electrons. The fourth-order valence-electron chi connectivity index (χ4n) is 2.97. The van der Waals surface area contributed by atoms with Crippen LogP contribution in [0.3, 0.4) is 0 Å². The molecule has 0 aliphatic heterocycles. The molecule has 1 unspecified atom stereocenters. The van der Waals surface area contributed by atoms with Gasteiger partial charge in [0.1, 0.15) is 0 Å². The van der Waals surface area contributed by atoms with Gasteiger partial charge in [0, 0.05) is 17.7 Å². The van der Waals surface area contributed by atoms with Crippen LogP contribution < -0.4 is 5.32 Å². The second-order valence-corrected chi connectivity index (χ2v) is 6.40. The second-order valence-electron chi connectivity index (χ2n) is 6.40. The first kappa shape index (κ1) is 20.4. The van der Waals surface area contributed by atoms with Gasteiger partial charge in [-0.2, -0.15) is 0 Å². The van der Waals surface area contributed by atoms with Crippen LogP contribution in [0.5, 0.6) is 0 Å². The zero-order chi connectivity index (χ0) is 19.5. The Bertz CT molecular complexity index is 741. The van der Waals surface area contributed by atoms with Crippen LogP contribution >= 0.6 is 0 Å². The SMILES string of the molecule is C=C(CC(CCCNC(=O)c1ccccc1)c1ccccc1)C(=O)OCC. The van der Waals surface area contributed by atoms with Crippen LogP contribution in [0, 0.1) is 0 Å². The lowest BCUT2D eigenvalue weighted by Crippen LogP contribution is -2.24. The highest BCUT2D eigenvalue weighted by molar-refractivity contribution is 5.94. The summed E-state index contributed by atoms with van der Waals surface area (Å²) in [4.78, 5) is 24.0. The maximum absolute atomic E-state index is 12.1. The van der Waals surface area contributed by atoms with E-state index in [4.69, 9.17) is 4.74 Å². The molecule has 0 aliphatic rings. The molecule has 0 fully saturated rings. The predicted octanol–water partition coefficient (Wildman–Crippen LogP) is 4.49. The molecule has 0 spiro atoms. The van der Waals surface area contributed by atoms with E-state index in [2.05, 4.69) is 24.0 Å². The van der Waals surface area contributed by atoms with Gasteiger partial charge in [0.05, 0.1) is 6.61 Å². The summed E-state index contributed by atoms with van der Waals surface area (Å²) >= 11 is 0. The normalized spacial score (nSPS) is 11.4. The van der Waals surface area contributed by atoms with Crippen LogP contribution in [0.15, 0.2) is 72.8 Å². The van der Waals surface area contributed by atoms with Crippen molar-refractivity contribution in [2.75, 3.05) is 13.2 Å². The summed E-state index contributed by atoms with van der Waals surface area (Å²) in [6.45, 7) is 6.61. The van der Waals surface area contributed by atoms with Crippen LogP contribution in [0.2, 0.25) is 0 Å². The second kappa shape index (κ2) is 11.0. The first-order valence-electron chi connectivity index (χ1n) is 9.35. The average molecular weight is 365 g/mol. The van der Waals surface area contributed by atoms with Crippen molar-refractivity contribution in [1.29, 1.82) is 0 Å². The number of esters is 1. The molecular formula is C23H27NO3. The molecular weight excluding hydrogens is 338 g/mol. The van der Waals surface area contributed by atoms with Crippen molar-refractivity contribution >= 4 is 11.9 Å². The average Bonchev–Trinajstić information content (AvgIpc) is 2.71. The molecule has 2 aromatic rings. The fraction of sp³-hybridized carbons (Fsp3) is 0.304. The Labute approximate surface area is 161 Å². The molecule has 0 heterocycles. The molecule has 0 aliphatic carbocycles. The Hall–Kier alpha value is -2.88. The van der Waals surface area contributed by atoms with Crippen molar-refractivity contribution in [1.82, 2.24) is 5.32 Å². The molecule has 2 rings (SSSR count). The summed E-state index contributed by atoms with van der Waals surface area (Å²) in [5.41, 5.74) is 2.31. The minimum atomic E-state index is -0.337. The third kappa shape index (κ3) is 6.74. The Morgan fingerprint density at radius 3 is 2.30 bits per heavy atom. The summed E-state index contributed by atoms with van der Waals surface area (Å²) in [7, 11) is 0. The van der Waals surface area contributed by atoms with Crippen molar-refractivity contribution in [3.63, 3.8) is 0 Å². The van der Waals surface area contributed by atoms with Gasteiger partial charge in [-0.15, -0.1) is 0 Å². The maximum Gasteiger partial charge on any atom is 0.333 e. The quantitative estimate of drug-likeness (QED) is 0.383. The zero-order valence-electron chi connectivity index (χ0n) is 15.8. The standard InChI is InChI=1S/C23H27NO3/c1-3-27-23(26)18(2)17-21(19-11-6-4-7-12-19)15-10-16-24-22(25)20-13-8-5-9-14-20/h4-9,11-14,21H,2-3,10,15-17H2,1H3,(H,24,25). The van der Waals surface area contributed by atoms with Crippen molar-refractivity contribution in [3.05, 3.63) is 83.9 Å². The lowest BCUT2D eigenvalue weighted by atomic mass is 9.88. The van der Waals surface area contributed by atoms with E-state index in [0.717, 1.165) is 18.4 Å². The molecule has 4 heteroatoms. The molecule has 0 aromatic heterocycles. The minimum Gasteiger partial charge on any atom is -0.463 e. The molecule has 1 N–H and O–H groups in total. The summed E-state index contributed by atoms with van der Waals surface area (Å²) in [5, 5.41) is 2.95. The van der Waals surface area contributed by atoms with Crippen molar-refractivity contribution in [3.8, 4) is 0 Å². The van der Waals surface area contributed by atoms with Gasteiger partial charge in [-0.25, -0.2) is 4.79 Å². The molecule has 0 saturated carbocycles. The lowest BCUT2D eigenvalue weighted by molar-refractivity contribution is -0.138. The minimum absolute atomic E-state index is 0.0669. The smallest absolute Gasteiger partial charge is 0.333 e. The largest absolute Gasteiger partial charge is 0.463 e. The Morgan fingerprint density at radius 2 is 1.67 bits per heavy atom. The van der Waals surface area contributed by atoms with Gasteiger partial charge in [0.15, 0.2) is 0 Å². The summed E-state index contributed by atoms with van der Waals surface area (Å²) in [6, 6.07) is 19.3. The Balaban J connectivity index is 1.89. The van der Waals surface area contributed by atoms with Gasteiger partial charge in [-0.05, 0) is 49.8 Å². The topological polar surface area (TPSA) is 55.4 Å². The molecule has 0 radical (unpaired) electrons. The van der Waals surface area contributed by atoms with E-state index in [-0.39, 0.29) is 17.8 Å². The number of benzene rings is 2. The maximum atomic E-state index is 12.1. The van der Waals surface area contributed by atoms with Gasteiger partial charge < -0.3 is 10.1 Å². The van der Waals surface area contributed by atoms with Crippen LogP contribution in [0.25, 0.3) is 0 Å². The highest BCUT2D eigenvalue weighted by Gasteiger charge is 2.17. The van der Waals surface area contributed by atoms with Gasteiger partial charge in [0.25, 0.3) is 5.91 Å². The van der Waals surface area contributed by atoms with Crippen molar-refractivity contribution < 1.29 is 14.3 Å². The van der Waals surface area contributed by atoms with E-state index >= 15 is 0 Å². The van der Waals surface area contributed by atoms with Gasteiger partial charge in [0.2, 0.25) is 0 Å². The number of carbonyl (C=O) groups is 2. The van der Waals surface area contributed by atoms with E-state index in [1.807, 2.05) is 36.4 Å². The summed E-state index contributed by atoms with van der Waals surface area (Å²) in [5.74, 6) is -0.240. The van der Waals surface area contributed by atoms with E-state index in [9.17, 15) is 9.59 Å². The van der Waals surface area contributed by atoms with Crippen LogP contribution in [0.4, 0.5) is 0 Å². The summed E-state index contributed by atoms with van der Waals surface area (Å²) < 4.78 is 5.05. The van der Waals surface area contributed by atoms with E-state index in [0.29, 0.717) is 30.7 Å². The van der Waals surface area contributed by atoms with Crippen molar-refractivity contribution in [2.24, 2.45) is 0 Å². The third-order valence-electron chi connectivity index (χ3n) is 4.38. The molecule has 27 heavy (non-hydrogen) atoms. The number of hydrogen-bond donors (Lipinski definition) is 1. The number of hydrogen-bond acceptors (Lipinski definition) is 3. The number of ether oxygens (including phenoxy) is 1. The summed E-state index contributed by atoms with van der Waals surface area (Å²) in [6.07, 6.45) is 2.21. The monoisotopic (exact) mass is 365 g/mol. The van der Waals surface area contributed by atoms with Crippen molar-refractivity contribution in [2.45, 2.75) is 32.1 Å². The van der Waals surface area contributed by atoms with Gasteiger partial charge >= 0.3 is 5.97 Å². The fourth-order valence-corrected chi connectivity index (χ4v) is 2.97. The highest BCUT2D eigenvalue weighted by atomic mass is 16.5. The first-order chi connectivity index (χ1) is 13.1. The molecule has 2 aromatic carbocycles. The van der Waals surface area contributed by atoms with E-state index in [1.165, 1.54) is 0 Å². The molecule has 0 bridgehead atoms. The number of nitrogens with one attached hydrogen (secondary N) is 1. The van der Waals surface area contributed by atoms with E-state index < -0.39 is 0 Å². The van der Waals surface area contributed by atoms with Gasteiger partial charge in [-0.1, -0.05) is 55.1 Å². The van der Waals surface area contributed by atoms with Crippen LogP contribution in [0.1, 0.15) is 48.0 Å². The molecule has 1 amide bonds. The molecule has 1 atom stereocenters. The van der Waals surface area contributed by atoms with E-state index in [1.54, 1.807) is 19.1 Å². The zero-order valence-corrected chi connectivity index (χ0v) is 15.8. The first-order valence-corrected chi connectivity index (χ1v) is 9.35. The molecule has 4 nitrogen and oxygen atoms in total. The Kier molecular flexibility index (Phi) is 8.30. The number of amides is 1. The highest BCUT2D eigenvalue weighted by Crippen LogP contribution is 2.28. The number of rotatable bonds is 10. The number of carbonyl (C=O) groups excluding carboxylic acids is 2. The van der Waals surface area contributed by atoms with Crippen LogP contribution in [-0.4, -0.2) is 25.0 Å². The third-order valence-corrected chi connectivity index (χ3v) is 4.38.